The number of amides is 1. The largest absolute Gasteiger partial charge is 0.416 e. The van der Waals surface area contributed by atoms with Crippen molar-refractivity contribution < 1.29 is 28.0 Å². The molecular formula is C9H7F3N2O4. The van der Waals surface area contributed by atoms with E-state index in [9.17, 15) is 28.1 Å². The molecule has 0 saturated carbocycles. The Morgan fingerprint density at radius 3 is 2.50 bits per heavy atom. The van der Waals surface area contributed by atoms with E-state index >= 15 is 0 Å². The van der Waals surface area contributed by atoms with Crippen molar-refractivity contribution in [1.29, 1.82) is 0 Å². The molecule has 0 aliphatic heterocycles. The first-order chi connectivity index (χ1) is 8.25. The Morgan fingerprint density at radius 1 is 1.44 bits per heavy atom. The molecule has 1 aromatic rings. The highest BCUT2D eigenvalue weighted by Crippen LogP contribution is 2.34. The topological polar surface area (TPSA) is 92.5 Å². The lowest BCUT2D eigenvalue weighted by Crippen LogP contribution is -2.17. The minimum atomic E-state index is -4.72. The molecule has 6 nitrogen and oxygen atoms in total. The van der Waals surface area contributed by atoms with Gasteiger partial charge in [-0.25, -0.2) is 0 Å². The van der Waals surface area contributed by atoms with Crippen LogP contribution in [-0.4, -0.2) is 22.5 Å². The van der Waals surface area contributed by atoms with E-state index in [4.69, 9.17) is 5.11 Å². The molecular weight excluding hydrogens is 257 g/mol. The van der Waals surface area contributed by atoms with Gasteiger partial charge in [0.25, 0.3) is 5.69 Å². The second-order valence-corrected chi connectivity index (χ2v) is 3.19. The number of rotatable bonds is 3. The summed E-state index contributed by atoms with van der Waals surface area (Å²) in [7, 11) is 0. The number of alkyl halides is 3. The quantitative estimate of drug-likeness (QED) is 0.639. The summed E-state index contributed by atoms with van der Waals surface area (Å²) >= 11 is 0. The summed E-state index contributed by atoms with van der Waals surface area (Å²) in [6.45, 7) is -0.932. The van der Waals surface area contributed by atoms with E-state index in [0.29, 0.717) is 12.1 Å². The summed E-state index contributed by atoms with van der Waals surface area (Å²) in [5.74, 6) is -0.960. The molecule has 0 atom stereocenters. The van der Waals surface area contributed by atoms with Crippen LogP contribution in [-0.2, 0) is 11.0 Å². The summed E-state index contributed by atoms with van der Waals surface area (Å²) in [5, 5.41) is 21.0. The van der Waals surface area contributed by atoms with Crippen LogP contribution >= 0.6 is 0 Å². The number of nitro benzene ring substituents is 1. The summed E-state index contributed by atoms with van der Waals surface area (Å²) in [5.41, 5.74) is -2.50. The molecule has 0 aromatic heterocycles. The normalized spacial score (nSPS) is 11.1. The van der Waals surface area contributed by atoms with Gasteiger partial charge in [0.1, 0.15) is 12.3 Å². The van der Waals surface area contributed by atoms with Gasteiger partial charge >= 0.3 is 6.18 Å². The Morgan fingerprint density at radius 2 is 2.06 bits per heavy atom. The zero-order valence-electron chi connectivity index (χ0n) is 8.69. The van der Waals surface area contributed by atoms with Crippen molar-refractivity contribution in [2.24, 2.45) is 0 Å². The summed E-state index contributed by atoms with van der Waals surface area (Å²) in [6.07, 6.45) is -4.72. The molecule has 0 heterocycles. The predicted octanol–water partition coefficient (Wildman–Crippen LogP) is 1.54. The number of aliphatic hydroxyl groups is 1. The number of hydrogen-bond donors (Lipinski definition) is 2. The highest BCUT2D eigenvalue weighted by molar-refractivity contribution is 5.93. The Labute approximate surface area is 98.2 Å². The first-order valence-electron chi connectivity index (χ1n) is 4.52. The molecule has 0 radical (unpaired) electrons. The molecule has 2 N–H and O–H groups in total. The van der Waals surface area contributed by atoms with Gasteiger partial charge in [-0.3, -0.25) is 14.9 Å². The minimum Gasteiger partial charge on any atom is -0.387 e. The Hall–Kier alpha value is -2.16. The lowest BCUT2D eigenvalue weighted by atomic mass is 10.1. The average Bonchev–Trinajstić information content (AvgIpc) is 2.27. The minimum absolute atomic E-state index is 0.312. The Kier molecular flexibility index (Phi) is 3.86. The van der Waals surface area contributed by atoms with Gasteiger partial charge in [-0.1, -0.05) is 0 Å². The molecule has 0 aliphatic carbocycles. The Balaban J connectivity index is 3.21. The molecule has 1 aromatic carbocycles. The highest BCUT2D eigenvalue weighted by Gasteiger charge is 2.33. The monoisotopic (exact) mass is 264 g/mol. The van der Waals surface area contributed by atoms with Crippen LogP contribution in [0.4, 0.5) is 24.5 Å². The molecule has 1 amide bonds. The first-order valence-corrected chi connectivity index (χ1v) is 4.52. The number of anilines is 1. The van der Waals surface area contributed by atoms with Crippen molar-refractivity contribution in [3.05, 3.63) is 33.9 Å². The fourth-order valence-electron chi connectivity index (χ4n) is 1.15. The van der Waals surface area contributed by atoms with E-state index in [1.807, 2.05) is 5.32 Å². The van der Waals surface area contributed by atoms with E-state index in [1.165, 1.54) is 0 Å². The number of nitro groups is 1. The van der Waals surface area contributed by atoms with Crippen LogP contribution in [0, 0.1) is 10.1 Å². The lowest BCUT2D eigenvalue weighted by molar-refractivity contribution is -0.384. The number of nitrogens with zero attached hydrogens (tertiary/aromatic N) is 1. The number of hydrogen-bond acceptors (Lipinski definition) is 4. The van der Waals surface area contributed by atoms with E-state index in [1.54, 1.807) is 0 Å². The van der Waals surface area contributed by atoms with Crippen molar-refractivity contribution >= 4 is 17.3 Å². The average molecular weight is 264 g/mol. The molecule has 0 aliphatic rings. The van der Waals surface area contributed by atoms with Gasteiger partial charge in [-0.2, -0.15) is 13.2 Å². The zero-order chi connectivity index (χ0) is 13.9. The maximum atomic E-state index is 12.3. The zero-order valence-corrected chi connectivity index (χ0v) is 8.69. The van der Waals surface area contributed by atoms with Crippen molar-refractivity contribution in [2.75, 3.05) is 11.9 Å². The number of carbonyl (C=O) groups is 1. The molecule has 98 valence electrons. The van der Waals surface area contributed by atoms with Gasteiger partial charge in [0.2, 0.25) is 5.91 Å². The molecule has 0 unspecified atom stereocenters. The van der Waals surface area contributed by atoms with Crippen LogP contribution in [0.25, 0.3) is 0 Å². The van der Waals surface area contributed by atoms with Gasteiger partial charge < -0.3 is 10.4 Å². The van der Waals surface area contributed by atoms with E-state index in [-0.39, 0.29) is 0 Å². The van der Waals surface area contributed by atoms with Crippen LogP contribution in [0.3, 0.4) is 0 Å². The van der Waals surface area contributed by atoms with Crippen molar-refractivity contribution in [3.63, 3.8) is 0 Å². The fraction of sp³-hybridized carbons (Fsp3) is 0.222. The van der Waals surface area contributed by atoms with Crippen molar-refractivity contribution in [2.45, 2.75) is 6.18 Å². The highest BCUT2D eigenvalue weighted by atomic mass is 19.4. The second kappa shape index (κ2) is 5.00. The summed E-state index contributed by atoms with van der Waals surface area (Å²) < 4.78 is 37.0. The van der Waals surface area contributed by atoms with Crippen LogP contribution in [0.5, 0.6) is 0 Å². The van der Waals surface area contributed by atoms with Crippen LogP contribution < -0.4 is 5.32 Å². The molecule has 0 saturated heterocycles. The number of carbonyl (C=O) groups excluding carboxylic acids is 1. The van der Waals surface area contributed by atoms with Gasteiger partial charge in [0.05, 0.1) is 10.5 Å². The number of aliphatic hydroxyl groups excluding tert-OH is 1. The van der Waals surface area contributed by atoms with E-state index in [2.05, 4.69) is 0 Å². The SMILES string of the molecule is O=C(CO)Nc1ccc(C(F)(F)F)cc1[N+](=O)[O-]. The number of halogens is 3. The number of benzene rings is 1. The fourth-order valence-corrected chi connectivity index (χ4v) is 1.15. The molecule has 0 bridgehead atoms. The smallest absolute Gasteiger partial charge is 0.387 e. The second-order valence-electron chi connectivity index (χ2n) is 3.19. The van der Waals surface area contributed by atoms with Gasteiger partial charge in [-0.15, -0.1) is 0 Å². The molecule has 0 fully saturated rings. The molecule has 9 heteroatoms. The van der Waals surface area contributed by atoms with Crippen molar-refractivity contribution in [1.82, 2.24) is 0 Å². The standard InChI is InChI=1S/C9H7F3N2O4/c10-9(11,12)5-1-2-6(13-8(16)4-15)7(3-5)14(17)18/h1-3,15H,4H2,(H,13,16). The summed E-state index contributed by atoms with van der Waals surface area (Å²) in [4.78, 5) is 20.4. The third kappa shape index (κ3) is 3.17. The molecule has 18 heavy (non-hydrogen) atoms. The third-order valence-electron chi connectivity index (χ3n) is 1.94. The lowest BCUT2D eigenvalue weighted by Gasteiger charge is -2.09. The predicted molar refractivity (Wildman–Crippen MR) is 53.8 cm³/mol. The van der Waals surface area contributed by atoms with Gasteiger partial charge in [-0.05, 0) is 12.1 Å². The van der Waals surface area contributed by atoms with Crippen LogP contribution in [0.1, 0.15) is 5.56 Å². The number of nitrogens with one attached hydrogen (secondary N) is 1. The maximum Gasteiger partial charge on any atom is 0.416 e. The van der Waals surface area contributed by atoms with Gasteiger partial charge in [0, 0.05) is 6.07 Å². The van der Waals surface area contributed by atoms with Crippen LogP contribution in [0.15, 0.2) is 18.2 Å². The third-order valence-corrected chi connectivity index (χ3v) is 1.94. The molecule has 1 rings (SSSR count). The van der Waals surface area contributed by atoms with E-state index < -0.39 is 40.6 Å². The van der Waals surface area contributed by atoms with E-state index in [0.717, 1.165) is 6.07 Å². The molecule has 0 spiro atoms. The Bertz CT molecular complexity index is 487. The first kappa shape index (κ1) is 13.9. The van der Waals surface area contributed by atoms with Crippen LogP contribution in [0.2, 0.25) is 0 Å². The van der Waals surface area contributed by atoms with Gasteiger partial charge in [0.15, 0.2) is 0 Å². The maximum absolute atomic E-state index is 12.3. The summed E-state index contributed by atoms with van der Waals surface area (Å²) in [6, 6.07) is 1.67. The van der Waals surface area contributed by atoms with Crippen molar-refractivity contribution in [3.8, 4) is 0 Å².